The van der Waals surface area contributed by atoms with Gasteiger partial charge in [0.1, 0.15) is 0 Å². The monoisotopic (exact) mass is 254 g/mol. The highest BCUT2D eigenvalue weighted by Gasteiger charge is 2.30. The van der Waals surface area contributed by atoms with Gasteiger partial charge in [-0.1, -0.05) is 36.4 Å². The summed E-state index contributed by atoms with van der Waals surface area (Å²) in [6.07, 6.45) is -4.33. The van der Waals surface area contributed by atoms with Gasteiger partial charge in [-0.2, -0.15) is 13.2 Å². The summed E-state index contributed by atoms with van der Waals surface area (Å²) in [5.41, 5.74) is 0.871. The summed E-state index contributed by atoms with van der Waals surface area (Å²) in [7, 11) is 0. The van der Waals surface area contributed by atoms with Crippen LogP contribution in [0.15, 0.2) is 53.4 Å². The average Bonchev–Trinajstić information content (AvgIpc) is 2.29. The van der Waals surface area contributed by atoms with Gasteiger partial charge < -0.3 is 0 Å². The first-order valence-corrected chi connectivity index (χ1v) is 5.39. The SMILES string of the molecule is FC(F)(F)c1ccc(-c2ccccc2)c(S)c1. The lowest BCUT2D eigenvalue weighted by molar-refractivity contribution is -0.137. The molecular weight excluding hydrogens is 245 g/mol. The zero-order chi connectivity index (χ0) is 12.5. The van der Waals surface area contributed by atoms with E-state index in [0.717, 1.165) is 17.7 Å². The molecule has 0 radical (unpaired) electrons. The molecule has 0 aliphatic carbocycles. The van der Waals surface area contributed by atoms with Crippen molar-refractivity contribution in [1.29, 1.82) is 0 Å². The summed E-state index contributed by atoms with van der Waals surface area (Å²) >= 11 is 4.11. The molecule has 0 unspecified atom stereocenters. The number of rotatable bonds is 1. The molecule has 0 fully saturated rings. The smallest absolute Gasteiger partial charge is 0.166 e. The number of halogens is 3. The minimum Gasteiger partial charge on any atom is -0.166 e. The van der Waals surface area contributed by atoms with Gasteiger partial charge in [-0.3, -0.25) is 0 Å². The molecule has 0 saturated carbocycles. The fourth-order valence-corrected chi connectivity index (χ4v) is 1.91. The normalized spacial score (nSPS) is 11.5. The van der Waals surface area contributed by atoms with E-state index in [4.69, 9.17) is 0 Å². The van der Waals surface area contributed by atoms with Crippen molar-refractivity contribution in [1.82, 2.24) is 0 Å². The Morgan fingerprint density at radius 2 is 1.53 bits per heavy atom. The predicted molar refractivity (Wildman–Crippen MR) is 64.1 cm³/mol. The molecule has 2 aromatic rings. The van der Waals surface area contributed by atoms with Crippen molar-refractivity contribution in [2.75, 3.05) is 0 Å². The van der Waals surface area contributed by atoms with Crippen LogP contribution in [-0.2, 0) is 6.18 Å². The summed E-state index contributed by atoms with van der Waals surface area (Å²) in [5.74, 6) is 0. The molecule has 0 heterocycles. The molecular formula is C13H9F3S. The lowest BCUT2D eigenvalue weighted by Crippen LogP contribution is -2.04. The zero-order valence-electron chi connectivity index (χ0n) is 8.70. The number of alkyl halides is 3. The van der Waals surface area contributed by atoms with Crippen LogP contribution in [0.4, 0.5) is 13.2 Å². The van der Waals surface area contributed by atoms with Gasteiger partial charge >= 0.3 is 6.18 Å². The molecule has 0 aromatic heterocycles. The Labute approximate surface area is 103 Å². The van der Waals surface area contributed by atoms with E-state index in [9.17, 15) is 13.2 Å². The molecule has 88 valence electrons. The second-order valence-electron chi connectivity index (χ2n) is 3.60. The number of hydrogen-bond donors (Lipinski definition) is 1. The molecule has 0 bridgehead atoms. The van der Waals surface area contributed by atoms with E-state index in [1.54, 1.807) is 0 Å². The summed E-state index contributed by atoms with van der Waals surface area (Å²) in [5, 5.41) is 0. The number of benzene rings is 2. The van der Waals surface area contributed by atoms with Crippen molar-refractivity contribution in [3.8, 4) is 11.1 Å². The van der Waals surface area contributed by atoms with Gasteiger partial charge in [0, 0.05) is 4.90 Å². The Morgan fingerprint density at radius 1 is 0.882 bits per heavy atom. The molecule has 0 atom stereocenters. The third kappa shape index (κ3) is 2.64. The Kier molecular flexibility index (Phi) is 3.15. The van der Waals surface area contributed by atoms with Gasteiger partial charge in [-0.15, -0.1) is 12.6 Å². The van der Waals surface area contributed by atoms with Crippen molar-refractivity contribution in [3.05, 3.63) is 54.1 Å². The number of thiol groups is 1. The van der Waals surface area contributed by atoms with E-state index in [0.29, 0.717) is 10.5 Å². The maximum atomic E-state index is 12.5. The highest BCUT2D eigenvalue weighted by atomic mass is 32.1. The Balaban J connectivity index is 2.46. The molecule has 0 saturated heterocycles. The Bertz CT molecular complexity index is 518. The van der Waals surface area contributed by atoms with E-state index >= 15 is 0 Å². The summed E-state index contributed by atoms with van der Waals surface area (Å²) in [4.78, 5) is 0.325. The summed E-state index contributed by atoms with van der Waals surface area (Å²) in [6.45, 7) is 0. The second kappa shape index (κ2) is 4.45. The molecule has 17 heavy (non-hydrogen) atoms. The topological polar surface area (TPSA) is 0 Å². The molecule has 0 amide bonds. The van der Waals surface area contributed by atoms with Crippen LogP contribution in [0.2, 0.25) is 0 Å². The third-order valence-electron chi connectivity index (χ3n) is 2.41. The van der Waals surface area contributed by atoms with Gasteiger partial charge in [0.2, 0.25) is 0 Å². The Morgan fingerprint density at radius 3 is 2.06 bits per heavy atom. The van der Waals surface area contributed by atoms with Crippen LogP contribution in [0.1, 0.15) is 5.56 Å². The van der Waals surface area contributed by atoms with E-state index < -0.39 is 11.7 Å². The average molecular weight is 254 g/mol. The van der Waals surface area contributed by atoms with Gasteiger partial charge in [-0.05, 0) is 23.3 Å². The van der Waals surface area contributed by atoms with Crippen LogP contribution in [0, 0.1) is 0 Å². The Hall–Kier alpha value is -1.42. The van der Waals surface area contributed by atoms with Crippen LogP contribution in [-0.4, -0.2) is 0 Å². The van der Waals surface area contributed by atoms with E-state index in [1.807, 2.05) is 30.3 Å². The quantitative estimate of drug-likeness (QED) is 0.703. The molecule has 0 aliphatic heterocycles. The van der Waals surface area contributed by atoms with Crippen molar-refractivity contribution in [2.45, 2.75) is 11.1 Å². The molecule has 0 spiro atoms. The molecule has 4 heteroatoms. The van der Waals surface area contributed by atoms with Gasteiger partial charge in [0.15, 0.2) is 0 Å². The van der Waals surface area contributed by atoms with Crippen LogP contribution in [0.5, 0.6) is 0 Å². The predicted octanol–water partition coefficient (Wildman–Crippen LogP) is 4.66. The molecule has 0 aliphatic rings. The maximum absolute atomic E-state index is 12.5. The highest BCUT2D eigenvalue weighted by molar-refractivity contribution is 7.80. The minimum absolute atomic E-state index is 0.325. The fraction of sp³-hybridized carbons (Fsp3) is 0.0769. The maximum Gasteiger partial charge on any atom is 0.416 e. The van der Waals surface area contributed by atoms with Gasteiger partial charge in [0.05, 0.1) is 5.56 Å². The first-order chi connectivity index (χ1) is 7.98. The lowest BCUT2D eigenvalue weighted by Gasteiger charge is -2.10. The zero-order valence-corrected chi connectivity index (χ0v) is 9.59. The molecule has 2 rings (SSSR count). The van der Waals surface area contributed by atoms with E-state index in [2.05, 4.69) is 12.6 Å². The second-order valence-corrected chi connectivity index (χ2v) is 4.08. The molecule has 0 N–H and O–H groups in total. The first-order valence-electron chi connectivity index (χ1n) is 4.94. The fourth-order valence-electron chi connectivity index (χ4n) is 1.57. The minimum atomic E-state index is -4.33. The first kappa shape index (κ1) is 12.0. The van der Waals surface area contributed by atoms with Crippen molar-refractivity contribution < 1.29 is 13.2 Å². The van der Waals surface area contributed by atoms with Crippen LogP contribution < -0.4 is 0 Å². The summed E-state index contributed by atoms with van der Waals surface area (Å²) in [6, 6.07) is 12.8. The van der Waals surface area contributed by atoms with Crippen LogP contribution in [0.25, 0.3) is 11.1 Å². The van der Waals surface area contributed by atoms with E-state index in [1.165, 1.54) is 6.07 Å². The lowest BCUT2D eigenvalue weighted by atomic mass is 10.0. The van der Waals surface area contributed by atoms with Gasteiger partial charge in [-0.25, -0.2) is 0 Å². The van der Waals surface area contributed by atoms with Crippen LogP contribution in [0.3, 0.4) is 0 Å². The number of hydrogen-bond acceptors (Lipinski definition) is 1. The standard InChI is InChI=1S/C13H9F3S/c14-13(15,16)10-6-7-11(12(17)8-10)9-4-2-1-3-5-9/h1-8,17H. The van der Waals surface area contributed by atoms with Gasteiger partial charge in [0.25, 0.3) is 0 Å². The third-order valence-corrected chi connectivity index (χ3v) is 2.78. The summed E-state index contributed by atoms with van der Waals surface area (Å²) < 4.78 is 37.4. The van der Waals surface area contributed by atoms with Crippen LogP contribution >= 0.6 is 12.6 Å². The largest absolute Gasteiger partial charge is 0.416 e. The van der Waals surface area contributed by atoms with Crippen molar-refractivity contribution >= 4 is 12.6 Å². The molecule has 2 aromatic carbocycles. The van der Waals surface area contributed by atoms with Crippen molar-refractivity contribution in [2.24, 2.45) is 0 Å². The highest BCUT2D eigenvalue weighted by Crippen LogP contribution is 2.34. The van der Waals surface area contributed by atoms with Crippen molar-refractivity contribution in [3.63, 3.8) is 0 Å². The van der Waals surface area contributed by atoms with E-state index in [-0.39, 0.29) is 0 Å². The molecule has 0 nitrogen and oxygen atoms in total.